The first-order valence-electron chi connectivity index (χ1n) is 3.81. The van der Waals surface area contributed by atoms with Gasteiger partial charge in [0.1, 0.15) is 0 Å². The smallest absolute Gasteiger partial charge is 0.269 e. The van der Waals surface area contributed by atoms with E-state index in [9.17, 15) is 10.1 Å². The Balaban J connectivity index is 2.79. The van der Waals surface area contributed by atoms with Crippen LogP contribution < -0.4 is 5.32 Å². The molecule has 0 radical (unpaired) electrons. The summed E-state index contributed by atoms with van der Waals surface area (Å²) in [4.78, 5) is 9.99. The lowest BCUT2D eigenvalue weighted by molar-refractivity contribution is -0.384. The molecule has 1 aromatic carbocycles. The molecule has 0 heterocycles. The van der Waals surface area contributed by atoms with E-state index in [0.717, 1.165) is 5.56 Å². The Morgan fingerprint density at radius 2 is 2.38 bits per heavy atom. The number of nitrogens with one attached hydrogen (secondary N) is 1. The first kappa shape index (κ1) is 9.25. The second-order valence-electron chi connectivity index (χ2n) is 2.51. The van der Waals surface area contributed by atoms with Crippen LogP contribution in [0.25, 0.3) is 0 Å². The third-order valence-electron chi connectivity index (χ3n) is 1.57. The van der Waals surface area contributed by atoms with Crippen LogP contribution in [-0.4, -0.2) is 4.92 Å². The van der Waals surface area contributed by atoms with Gasteiger partial charge in [-0.05, 0) is 11.8 Å². The van der Waals surface area contributed by atoms with Crippen molar-refractivity contribution < 1.29 is 4.92 Å². The Hall–Kier alpha value is -1.84. The predicted octanol–water partition coefficient (Wildman–Crippen LogP) is 1.83. The monoisotopic (exact) mass is 178 g/mol. The van der Waals surface area contributed by atoms with Gasteiger partial charge < -0.3 is 5.32 Å². The topological polar surface area (TPSA) is 55.2 Å². The summed E-state index contributed by atoms with van der Waals surface area (Å²) in [6.45, 7) is 4.05. The van der Waals surface area contributed by atoms with E-state index in [-0.39, 0.29) is 5.69 Å². The van der Waals surface area contributed by atoms with E-state index in [0.29, 0.717) is 6.54 Å². The highest BCUT2D eigenvalue weighted by Crippen LogP contribution is 2.12. The van der Waals surface area contributed by atoms with E-state index in [1.54, 1.807) is 12.3 Å². The van der Waals surface area contributed by atoms with Crippen molar-refractivity contribution >= 4 is 5.69 Å². The minimum absolute atomic E-state index is 0.114. The SMILES string of the molecule is C=CNCc1cccc([N+](=O)[O-])c1. The van der Waals surface area contributed by atoms with E-state index in [4.69, 9.17) is 0 Å². The second kappa shape index (κ2) is 4.25. The lowest BCUT2D eigenvalue weighted by Gasteiger charge is -1.99. The molecular weight excluding hydrogens is 168 g/mol. The van der Waals surface area contributed by atoms with Gasteiger partial charge in [-0.15, -0.1) is 0 Å². The normalized spacial score (nSPS) is 9.23. The molecule has 0 aliphatic heterocycles. The zero-order chi connectivity index (χ0) is 9.68. The van der Waals surface area contributed by atoms with Gasteiger partial charge in [0.25, 0.3) is 5.69 Å². The van der Waals surface area contributed by atoms with Gasteiger partial charge >= 0.3 is 0 Å². The fourth-order valence-corrected chi connectivity index (χ4v) is 0.970. The van der Waals surface area contributed by atoms with Gasteiger partial charge in [-0.25, -0.2) is 0 Å². The second-order valence-corrected chi connectivity index (χ2v) is 2.51. The third-order valence-corrected chi connectivity index (χ3v) is 1.57. The Morgan fingerprint density at radius 1 is 1.62 bits per heavy atom. The summed E-state index contributed by atoms with van der Waals surface area (Å²) in [5.74, 6) is 0. The molecule has 0 bridgehead atoms. The Kier molecular flexibility index (Phi) is 3.03. The van der Waals surface area contributed by atoms with E-state index in [1.807, 2.05) is 6.07 Å². The van der Waals surface area contributed by atoms with E-state index >= 15 is 0 Å². The molecule has 4 heteroatoms. The molecule has 0 amide bonds. The molecule has 4 nitrogen and oxygen atoms in total. The molecular formula is C9H10N2O2. The van der Waals surface area contributed by atoms with Gasteiger partial charge in [0.05, 0.1) is 4.92 Å². The van der Waals surface area contributed by atoms with Crippen LogP contribution in [0.15, 0.2) is 37.0 Å². The molecule has 0 aromatic heterocycles. The van der Waals surface area contributed by atoms with Crippen molar-refractivity contribution in [3.8, 4) is 0 Å². The van der Waals surface area contributed by atoms with Gasteiger partial charge in [0, 0.05) is 18.7 Å². The highest BCUT2D eigenvalue weighted by atomic mass is 16.6. The molecule has 0 aliphatic carbocycles. The average molecular weight is 178 g/mol. The zero-order valence-electron chi connectivity index (χ0n) is 7.06. The molecule has 1 N–H and O–H groups in total. The number of rotatable bonds is 4. The van der Waals surface area contributed by atoms with Crippen molar-refractivity contribution in [1.29, 1.82) is 0 Å². The summed E-state index contributed by atoms with van der Waals surface area (Å²) in [5, 5.41) is 13.3. The van der Waals surface area contributed by atoms with Crippen molar-refractivity contribution in [2.75, 3.05) is 0 Å². The summed E-state index contributed by atoms with van der Waals surface area (Å²) in [5.41, 5.74) is 0.984. The number of nitro groups is 1. The number of nitrogens with zero attached hydrogens (tertiary/aromatic N) is 1. The zero-order valence-corrected chi connectivity index (χ0v) is 7.06. The molecule has 0 atom stereocenters. The maximum atomic E-state index is 10.4. The van der Waals surface area contributed by atoms with Crippen molar-refractivity contribution in [2.24, 2.45) is 0 Å². The van der Waals surface area contributed by atoms with Crippen LogP contribution in [0.2, 0.25) is 0 Å². The fraction of sp³-hybridized carbons (Fsp3) is 0.111. The van der Waals surface area contributed by atoms with Crippen molar-refractivity contribution in [3.63, 3.8) is 0 Å². The molecule has 1 rings (SSSR count). The van der Waals surface area contributed by atoms with Crippen molar-refractivity contribution in [3.05, 3.63) is 52.7 Å². The summed E-state index contributed by atoms with van der Waals surface area (Å²) in [6.07, 6.45) is 1.55. The average Bonchev–Trinajstić information content (AvgIpc) is 2.15. The predicted molar refractivity (Wildman–Crippen MR) is 50.1 cm³/mol. The van der Waals surface area contributed by atoms with Crippen LogP contribution >= 0.6 is 0 Å². The number of non-ortho nitro benzene ring substituents is 1. The van der Waals surface area contributed by atoms with Crippen LogP contribution in [-0.2, 0) is 6.54 Å². The lowest BCUT2D eigenvalue weighted by atomic mass is 10.2. The van der Waals surface area contributed by atoms with Gasteiger partial charge in [-0.1, -0.05) is 18.7 Å². The van der Waals surface area contributed by atoms with Crippen LogP contribution in [0, 0.1) is 10.1 Å². The first-order chi connectivity index (χ1) is 6.24. The molecule has 0 spiro atoms. The highest BCUT2D eigenvalue weighted by molar-refractivity contribution is 5.34. The molecule has 0 saturated carbocycles. The summed E-state index contributed by atoms with van der Waals surface area (Å²) in [6, 6.07) is 6.50. The Labute approximate surface area is 76.0 Å². The molecule has 0 aliphatic rings. The van der Waals surface area contributed by atoms with Crippen LogP contribution in [0.1, 0.15) is 5.56 Å². The summed E-state index contributed by atoms with van der Waals surface area (Å²) >= 11 is 0. The maximum Gasteiger partial charge on any atom is 0.269 e. The van der Waals surface area contributed by atoms with Gasteiger partial charge in [0.2, 0.25) is 0 Å². The molecule has 13 heavy (non-hydrogen) atoms. The summed E-state index contributed by atoms with van der Waals surface area (Å²) in [7, 11) is 0. The van der Waals surface area contributed by atoms with Crippen LogP contribution in [0.5, 0.6) is 0 Å². The molecule has 0 unspecified atom stereocenters. The highest BCUT2D eigenvalue weighted by Gasteiger charge is 2.04. The largest absolute Gasteiger partial charge is 0.387 e. The number of benzene rings is 1. The van der Waals surface area contributed by atoms with E-state index in [2.05, 4.69) is 11.9 Å². The van der Waals surface area contributed by atoms with Gasteiger partial charge in [-0.3, -0.25) is 10.1 Å². The van der Waals surface area contributed by atoms with Crippen LogP contribution in [0.3, 0.4) is 0 Å². The number of hydrogen-bond donors (Lipinski definition) is 1. The maximum absolute atomic E-state index is 10.4. The Bertz CT molecular complexity index is 323. The minimum Gasteiger partial charge on any atom is -0.387 e. The Morgan fingerprint density at radius 3 is 3.00 bits per heavy atom. The van der Waals surface area contributed by atoms with E-state index in [1.165, 1.54) is 12.1 Å². The molecule has 0 fully saturated rings. The molecule has 1 aromatic rings. The van der Waals surface area contributed by atoms with Crippen molar-refractivity contribution in [1.82, 2.24) is 5.32 Å². The third kappa shape index (κ3) is 2.59. The van der Waals surface area contributed by atoms with Crippen molar-refractivity contribution in [2.45, 2.75) is 6.54 Å². The standard InChI is InChI=1S/C9H10N2O2/c1-2-10-7-8-4-3-5-9(6-8)11(12)13/h2-6,10H,1,7H2. The van der Waals surface area contributed by atoms with Gasteiger partial charge in [-0.2, -0.15) is 0 Å². The quantitative estimate of drug-likeness (QED) is 0.565. The van der Waals surface area contributed by atoms with Gasteiger partial charge in [0.15, 0.2) is 0 Å². The fourth-order valence-electron chi connectivity index (χ4n) is 0.970. The first-order valence-corrected chi connectivity index (χ1v) is 3.81. The minimum atomic E-state index is -0.405. The van der Waals surface area contributed by atoms with Crippen LogP contribution in [0.4, 0.5) is 5.69 Å². The number of nitro benzene ring substituents is 1. The molecule has 68 valence electrons. The summed E-state index contributed by atoms with van der Waals surface area (Å²) < 4.78 is 0. The van der Waals surface area contributed by atoms with E-state index < -0.39 is 4.92 Å². The molecule has 0 saturated heterocycles. The number of hydrogen-bond acceptors (Lipinski definition) is 3. The lowest BCUT2D eigenvalue weighted by Crippen LogP contribution is -2.03.